The molecule has 4 nitrogen and oxygen atoms in total. The van der Waals surface area contributed by atoms with Crippen molar-refractivity contribution in [3.05, 3.63) is 65.7 Å². The van der Waals surface area contributed by atoms with Gasteiger partial charge in [-0.1, -0.05) is 30.3 Å². The van der Waals surface area contributed by atoms with Crippen LogP contribution in [0.4, 0.5) is 13.8 Å². The first-order valence-corrected chi connectivity index (χ1v) is 9.61. The number of β-amino-alcohol motifs (C(OH)–C–C–N with tert-alkyl or cyclic N) is 1. The van der Waals surface area contributed by atoms with E-state index in [0.29, 0.717) is 35.5 Å². The van der Waals surface area contributed by atoms with Crippen LogP contribution in [0.2, 0.25) is 0 Å². The second-order valence-corrected chi connectivity index (χ2v) is 7.70. The van der Waals surface area contributed by atoms with E-state index in [1.54, 1.807) is 24.3 Å². The predicted octanol–water partition coefficient (Wildman–Crippen LogP) is 4.63. The van der Waals surface area contributed by atoms with E-state index >= 15 is 0 Å². The SMILES string of the molecule is O=C(O)c1ccccc1-c1sc(N2CCC(O)C2)cc1-c1cccc(F)c1F. The third-order valence-corrected chi connectivity index (χ3v) is 6.07. The monoisotopic (exact) mass is 401 g/mol. The maximum Gasteiger partial charge on any atom is 0.336 e. The number of carboxylic acid groups (broad SMARTS) is 1. The number of carbonyl (C=O) groups is 1. The van der Waals surface area contributed by atoms with Gasteiger partial charge < -0.3 is 15.1 Å². The quantitative estimate of drug-likeness (QED) is 0.669. The van der Waals surface area contributed by atoms with Crippen molar-refractivity contribution in [2.24, 2.45) is 0 Å². The molecule has 7 heteroatoms. The minimum atomic E-state index is -1.09. The summed E-state index contributed by atoms with van der Waals surface area (Å²) < 4.78 is 28.4. The maximum absolute atomic E-state index is 14.6. The van der Waals surface area contributed by atoms with Crippen LogP contribution in [0.1, 0.15) is 16.8 Å². The molecule has 0 bridgehead atoms. The molecule has 1 atom stereocenters. The van der Waals surface area contributed by atoms with Crippen LogP contribution in [0.5, 0.6) is 0 Å². The molecule has 4 rings (SSSR count). The molecule has 1 aliphatic rings. The first-order chi connectivity index (χ1) is 13.5. The Hall–Kier alpha value is -2.77. The van der Waals surface area contributed by atoms with Crippen LogP contribution in [-0.2, 0) is 0 Å². The number of halogens is 2. The van der Waals surface area contributed by atoms with Gasteiger partial charge in [0.1, 0.15) is 0 Å². The van der Waals surface area contributed by atoms with Gasteiger partial charge in [-0.15, -0.1) is 11.3 Å². The molecule has 0 amide bonds. The molecule has 1 aromatic heterocycles. The Morgan fingerprint density at radius 1 is 1.07 bits per heavy atom. The first-order valence-electron chi connectivity index (χ1n) is 8.79. The van der Waals surface area contributed by atoms with Crippen LogP contribution >= 0.6 is 11.3 Å². The molecule has 1 unspecified atom stereocenters. The Bertz CT molecular complexity index is 1050. The lowest BCUT2D eigenvalue weighted by atomic mass is 9.98. The third kappa shape index (κ3) is 3.27. The molecule has 2 aromatic carbocycles. The largest absolute Gasteiger partial charge is 0.478 e. The van der Waals surface area contributed by atoms with Gasteiger partial charge in [-0.2, -0.15) is 0 Å². The fourth-order valence-corrected chi connectivity index (χ4v) is 4.70. The van der Waals surface area contributed by atoms with Crippen LogP contribution in [0, 0.1) is 11.6 Å². The average Bonchev–Trinajstić information content (AvgIpc) is 3.30. The normalized spacial score (nSPS) is 16.5. The van der Waals surface area contributed by atoms with Crippen LogP contribution in [-0.4, -0.2) is 35.4 Å². The molecule has 144 valence electrons. The summed E-state index contributed by atoms with van der Waals surface area (Å²) in [7, 11) is 0. The number of carboxylic acids is 1. The van der Waals surface area contributed by atoms with Gasteiger partial charge in [0.2, 0.25) is 0 Å². The zero-order valence-corrected chi connectivity index (χ0v) is 15.5. The van der Waals surface area contributed by atoms with Crippen molar-refractivity contribution in [1.29, 1.82) is 0 Å². The summed E-state index contributed by atoms with van der Waals surface area (Å²) >= 11 is 1.32. The van der Waals surface area contributed by atoms with Crippen molar-refractivity contribution >= 4 is 22.3 Å². The van der Waals surface area contributed by atoms with E-state index in [0.717, 1.165) is 11.1 Å². The van der Waals surface area contributed by atoms with E-state index in [4.69, 9.17) is 0 Å². The Morgan fingerprint density at radius 3 is 2.54 bits per heavy atom. The molecule has 0 spiro atoms. The highest BCUT2D eigenvalue weighted by molar-refractivity contribution is 7.20. The smallest absolute Gasteiger partial charge is 0.336 e. The summed E-state index contributed by atoms with van der Waals surface area (Å²) in [6.45, 7) is 1.10. The number of aliphatic hydroxyl groups excluding tert-OH is 1. The highest BCUT2D eigenvalue weighted by Crippen LogP contribution is 2.45. The van der Waals surface area contributed by atoms with Crippen molar-refractivity contribution in [1.82, 2.24) is 0 Å². The third-order valence-electron chi connectivity index (χ3n) is 4.84. The molecular formula is C21H17F2NO3S. The Morgan fingerprint density at radius 2 is 1.82 bits per heavy atom. The molecular weight excluding hydrogens is 384 g/mol. The molecule has 1 aliphatic heterocycles. The Kier molecular flexibility index (Phi) is 4.87. The molecule has 3 aromatic rings. The van der Waals surface area contributed by atoms with Gasteiger partial charge in [-0.05, 0) is 24.6 Å². The number of hydrogen-bond acceptors (Lipinski definition) is 4. The van der Waals surface area contributed by atoms with Crippen molar-refractivity contribution < 1.29 is 23.8 Å². The molecule has 2 N–H and O–H groups in total. The first kappa shape index (κ1) is 18.6. The Balaban J connectivity index is 1.93. The topological polar surface area (TPSA) is 60.8 Å². The molecule has 0 radical (unpaired) electrons. The van der Waals surface area contributed by atoms with Gasteiger partial charge in [0.15, 0.2) is 11.6 Å². The number of rotatable bonds is 4. The van der Waals surface area contributed by atoms with Gasteiger partial charge in [-0.3, -0.25) is 0 Å². The maximum atomic E-state index is 14.6. The van der Waals surface area contributed by atoms with Crippen molar-refractivity contribution in [2.45, 2.75) is 12.5 Å². The zero-order valence-electron chi connectivity index (χ0n) is 14.7. The summed E-state index contributed by atoms with van der Waals surface area (Å²) in [5.74, 6) is -3.02. The van der Waals surface area contributed by atoms with E-state index in [-0.39, 0.29) is 11.1 Å². The van der Waals surface area contributed by atoms with Crippen molar-refractivity contribution in [3.63, 3.8) is 0 Å². The highest BCUT2D eigenvalue weighted by atomic mass is 32.1. The number of benzene rings is 2. The van der Waals surface area contributed by atoms with E-state index < -0.39 is 23.7 Å². The average molecular weight is 401 g/mol. The molecule has 0 aliphatic carbocycles. The second-order valence-electron chi connectivity index (χ2n) is 6.67. The van der Waals surface area contributed by atoms with E-state index in [1.807, 2.05) is 4.90 Å². The fourth-order valence-electron chi connectivity index (χ4n) is 3.46. The summed E-state index contributed by atoms with van der Waals surface area (Å²) in [5.41, 5.74) is 1.06. The van der Waals surface area contributed by atoms with Crippen LogP contribution in [0.3, 0.4) is 0 Å². The lowest BCUT2D eigenvalue weighted by molar-refractivity contribution is 0.0697. The minimum absolute atomic E-state index is 0.0810. The van der Waals surface area contributed by atoms with Crippen LogP contribution < -0.4 is 4.90 Å². The number of aliphatic hydroxyl groups is 1. The van der Waals surface area contributed by atoms with Crippen LogP contribution in [0.25, 0.3) is 21.6 Å². The van der Waals surface area contributed by atoms with Gasteiger partial charge in [0.25, 0.3) is 0 Å². The second kappa shape index (κ2) is 7.33. The molecule has 28 heavy (non-hydrogen) atoms. The number of aromatic carboxylic acids is 1. The number of nitrogens with zero attached hydrogens (tertiary/aromatic N) is 1. The lowest BCUT2D eigenvalue weighted by Gasteiger charge is -2.14. The molecule has 1 fully saturated rings. The molecule has 1 saturated heterocycles. The van der Waals surface area contributed by atoms with Gasteiger partial charge in [0.05, 0.1) is 16.7 Å². The zero-order chi connectivity index (χ0) is 19.8. The number of thiophene rings is 1. The fraction of sp³-hybridized carbons (Fsp3) is 0.190. The predicted molar refractivity (Wildman–Crippen MR) is 105 cm³/mol. The molecule has 2 heterocycles. The highest BCUT2D eigenvalue weighted by Gasteiger charge is 2.26. The molecule has 0 saturated carbocycles. The number of anilines is 1. The minimum Gasteiger partial charge on any atom is -0.478 e. The summed E-state index contributed by atoms with van der Waals surface area (Å²) in [6, 6.07) is 12.2. The Labute approximate surface area is 164 Å². The van der Waals surface area contributed by atoms with Gasteiger partial charge >= 0.3 is 5.97 Å². The van der Waals surface area contributed by atoms with Gasteiger partial charge in [-0.25, -0.2) is 13.6 Å². The van der Waals surface area contributed by atoms with Gasteiger partial charge in [0, 0.05) is 34.7 Å². The van der Waals surface area contributed by atoms with Crippen LogP contribution in [0.15, 0.2) is 48.5 Å². The summed E-state index contributed by atoms with van der Waals surface area (Å²) in [6.07, 6.45) is 0.189. The standard InChI is InChI=1S/C21H17F2NO3S/c22-17-7-3-6-13(19(17)23)16-10-18(24-9-8-12(25)11-24)28-20(16)14-4-1-2-5-15(14)21(26)27/h1-7,10,12,25H,8-9,11H2,(H,26,27). The van der Waals surface area contributed by atoms with E-state index in [1.165, 1.54) is 29.5 Å². The summed E-state index contributed by atoms with van der Waals surface area (Å²) in [5, 5.41) is 20.2. The van der Waals surface area contributed by atoms with E-state index in [9.17, 15) is 23.8 Å². The summed E-state index contributed by atoms with van der Waals surface area (Å²) in [4.78, 5) is 14.2. The van der Waals surface area contributed by atoms with E-state index in [2.05, 4.69) is 0 Å². The number of hydrogen-bond donors (Lipinski definition) is 2. The van der Waals surface area contributed by atoms with Crippen molar-refractivity contribution in [2.75, 3.05) is 18.0 Å². The van der Waals surface area contributed by atoms with Crippen molar-refractivity contribution in [3.8, 4) is 21.6 Å². The lowest BCUT2D eigenvalue weighted by Crippen LogP contribution is -2.19.